The number of amides is 5. The maximum absolute atomic E-state index is 14.7. The molecule has 4 fully saturated rings. The van der Waals surface area contributed by atoms with Crippen LogP contribution in [0.15, 0.2) is 78.4 Å². The summed E-state index contributed by atoms with van der Waals surface area (Å²) in [6.07, 6.45) is 5.25. The number of phenolic OH excluding ortho intramolecular Hbond substituents is 4. The third kappa shape index (κ3) is 17.6. The first-order chi connectivity index (χ1) is 51.8. The maximum Gasteiger partial charge on any atom is 0.408 e. The summed E-state index contributed by atoms with van der Waals surface area (Å²) in [4.78, 5) is 124. The molecule has 11 rings (SSSR count). The summed E-state index contributed by atoms with van der Waals surface area (Å²) in [6, 6.07) is 10.7. The zero-order valence-corrected chi connectivity index (χ0v) is 63.2. The van der Waals surface area contributed by atoms with E-state index >= 15 is 0 Å². The minimum atomic E-state index is -2.44. The molecule has 6 aliphatic carbocycles. The van der Waals surface area contributed by atoms with Gasteiger partial charge in [-0.2, -0.15) is 0 Å². The van der Waals surface area contributed by atoms with Gasteiger partial charge in [-0.15, -0.1) is 0 Å². The minimum Gasteiger partial charge on any atom is -0.508 e. The van der Waals surface area contributed by atoms with Crippen LogP contribution in [0.4, 0.5) is 4.79 Å². The number of Topliss-reactive ketones (excluding diaryl/α,β-unsaturated/α-hetero) is 1. The number of hydrogen-bond donors (Lipinski definition) is 13. The van der Waals surface area contributed by atoms with E-state index in [4.69, 9.17) is 18.9 Å². The largest absolute Gasteiger partial charge is 0.508 e. The van der Waals surface area contributed by atoms with Crippen LogP contribution in [0.5, 0.6) is 28.7 Å². The van der Waals surface area contributed by atoms with Gasteiger partial charge in [0.05, 0.1) is 42.0 Å². The van der Waals surface area contributed by atoms with E-state index in [0.717, 1.165) is 18.8 Å². The Kier molecular flexibility index (Phi) is 25.4. The maximum atomic E-state index is 14.7. The summed E-state index contributed by atoms with van der Waals surface area (Å²) in [5.41, 5.74) is -1.86. The lowest BCUT2D eigenvalue weighted by atomic mass is 9.47. The van der Waals surface area contributed by atoms with Crippen LogP contribution in [0.1, 0.15) is 217 Å². The third-order valence-electron chi connectivity index (χ3n) is 25.1. The van der Waals surface area contributed by atoms with E-state index < -0.39 is 156 Å². The molecule has 17 atom stereocenters. The zero-order valence-electron chi connectivity index (χ0n) is 63.2. The van der Waals surface area contributed by atoms with Crippen LogP contribution >= 0.6 is 0 Å². The Morgan fingerprint density at radius 2 is 1.38 bits per heavy atom. The van der Waals surface area contributed by atoms with E-state index in [-0.39, 0.29) is 103 Å². The number of methoxy groups -OCH3 is 1. The van der Waals surface area contributed by atoms with Crippen molar-refractivity contribution in [1.82, 2.24) is 26.6 Å². The van der Waals surface area contributed by atoms with E-state index in [1.165, 1.54) is 119 Å². The number of carboxylic acids is 1. The fourth-order valence-electron chi connectivity index (χ4n) is 19.2. The summed E-state index contributed by atoms with van der Waals surface area (Å²) in [5.74, 6) is -4.79. The van der Waals surface area contributed by atoms with Crippen LogP contribution in [0.25, 0.3) is 0 Å². The van der Waals surface area contributed by atoms with Crippen molar-refractivity contribution in [2.45, 2.75) is 237 Å². The van der Waals surface area contributed by atoms with E-state index in [0.29, 0.717) is 59.0 Å². The van der Waals surface area contributed by atoms with Crippen molar-refractivity contribution in [2.75, 3.05) is 20.3 Å². The van der Waals surface area contributed by atoms with Crippen LogP contribution in [-0.2, 0) is 62.2 Å². The quantitative estimate of drug-likeness (QED) is 0.0116. The number of aliphatic hydroxyl groups excluding tert-OH is 2. The number of carbonyl (C=O) groups is 9. The molecule has 8 unspecified atom stereocenters. The first-order valence-corrected chi connectivity index (χ1v) is 38.7. The van der Waals surface area contributed by atoms with Gasteiger partial charge in [-0.25, -0.2) is 9.59 Å². The second kappa shape index (κ2) is 34.1. The number of benzene rings is 4. The van der Waals surface area contributed by atoms with Crippen molar-refractivity contribution >= 4 is 53.0 Å². The highest BCUT2D eigenvalue weighted by molar-refractivity contribution is 6.31. The van der Waals surface area contributed by atoms with Gasteiger partial charge in [-0.1, -0.05) is 102 Å². The molecule has 5 amide bonds. The molecule has 590 valence electrons. The Balaban J connectivity index is 0.708. The molecule has 0 bridgehead atoms. The molecule has 1 heterocycles. The molecule has 4 aromatic rings. The lowest BCUT2D eigenvalue weighted by Gasteiger charge is -2.58. The number of fused-ring (bicyclic) bond motifs is 8. The summed E-state index contributed by atoms with van der Waals surface area (Å²) < 4.78 is 23.9. The molecule has 0 radical (unpaired) electrons. The highest BCUT2D eigenvalue weighted by Crippen LogP contribution is 2.68. The standard InChI is InChI=1S/C83H107N5O21/c1-43(2)12-10-13-44(3)55-27-28-56-52-26-21-48-38-51(31-33-81(48,5)57(52)32-34-82(55,56)6)108-80(104)88-60(36-46-17-22-49(90)23-18-46)78(101)86-58(77(100)87-61(79(102)103)37-47-19-24-50(91)25-20-47)15-8-9-35-84-65(93)29-30-66(94)85-59-39-67(107-45(4)72(59)95)109-63-41-83(105,64(92)42-89)40-54-69(63)76(99)71-70(74(54)97)73(96)53-14-11-16-62(106-7)68(53)75(71)98/h11,14,16-25,43-45,51-52,55-61,63,67,72,89-91,95,97,99,105H,8-10,12-13,15,26-42H2,1-7H3,(H,84,93)(H,85,94)(H,86,101)(H,87,100)(H,88,104)(H,102,103)/t44?,45-,51?,52?,55?,56-,57-,58+,59-,60?,61?,63-,67-,72+,81?,82?,83-/m0/s1. The topological polar surface area (TPSA) is 413 Å². The number of allylic oxidation sites excluding steroid dienone is 1. The number of nitrogens with one attached hydrogen (secondary N) is 5. The molecule has 109 heavy (non-hydrogen) atoms. The monoisotopic (exact) mass is 1510 g/mol. The van der Waals surface area contributed by atoms with E-state index in [9.17, 15) is 84.0 Å². The first-order valence-electron chi connectivity index (χ1n) is 38.7. The summed E-state index contributed by atoms with van der Waals surface area (Å²) >= 11 is 0. The third-order valence-corrected chi connectivity index (χ3v) is 25.1. The molecule has 26 heteroatoms. The zero-order chi connectivity index (χ0) is 78.6. The average molecular weight is 1510 g/mol. The Hall–Kier alpha value is -8.95. The van der Waals surface area contributed by atoms with Gasteiger partial charge in [0.1, 0.15) is 71.3 Å². The number of hydrogen-bond acceptors (Lipinski definition) is 20. The van der Waals surface area contributed by atoms with Gasteiger partial charge in [0.2, 0.25) is 29.4 Å². The number of carboxylic acid groups (broad SMARTS) is 1. The van der Waals surface area contributed by atoms with Crippen LogP contribution < -0.4 is 31.3 Å². The highest BCUT2D eigenvalue weighted by atomic mass is 16.7. The number of aliphatic hydroxyl groups is 3. The molecule has 13 N–H and O–H groups in total. The van der Waals surface area contributed by atoms with Gasteiger partial charge in [0, 0.05) is 74.6 Å². The van der Waals surface area contributed by atoms with Crippen molar-refractivity contribution in [1.29, 1.82) is 0 Å². The number of carbonyl (C=O) groups excluding carboxylic acids is 8. The van der Waals surface area contributed by atoms with Crippen molar-refractivity contribution in [2.24, 2.45) is 46.3 Å². The molecule has 0 spiro atoms. The second-order valence-corrected chi connectivity index (χ2v) is 32.5. The number of aromatic hydroxyl groups is 4. The SMILES string of the molecule is COc1cccc2c1C(=O)c1c(O)c3c(c(O)c1C2=O)C[C@@](O)(C(=O)CO)C[C@@H]3O[C@H]1C[C@H](NC(=O)CCC(=O)NCCCC[C@@H](NC(=O)C(Cc2ccc(O)cc2)NC(=O)OC2CCC3(C)C(=CCC4[C@@H]3CCC3(C)C(C(C)CCCC(C)C)CC[C@@H]43)C2)C(=O)NC(Cc2ccc(O)cc2)C(=O)O)[C@H](O)[C@H](C)O1. The van der Waals surface area contributed by atoms with E-state index in [1.807, 2.05) is 0 Å². The fourth-order valence-corrected chi connectivity index (χ4v) is 19.2. The van der Waals surface area contributed by atoms with Gasteiger partial charge < -0.3 is 86.4 Å². The molecule has 1 saturated heterocycles. The van der Waals surface area contributed by atoms with E-state index in [1.54, 1.807) is 12.1 Å². The van der Waals surface area contributed by atoms with Crippen molar-refractivity contribution < 1.29 is 103 Å². The smallest absolute Gasteiger partial charge is 0.408 e. The number of unbranched alkanes of at least 4 members (excludes halogenated alkanes) is 1. The number of alkyl carbamates (subject to hydrolysis) is 1. The van der Waals surface area contributed by atoms with Crippen molar-refractivity contribution in [3.8, 4) is 28.7 Å². The van der Waals surface area contributed by atoms with Gasteiger partial charge >= 0.3 is 12.1 Å². The van der Waals surface area contributed by atoms with Crippen LogP contribution in [0.2, 0.25) is 0 Å². The number of phenols is 4. The molecule has 26 nitrogen and oxygen atoms in total. The molecular formula is C83H107N5O21. The molecule has 0 aromatic heterocycles. The molecule has 4 aromatic carbocycles. The van der Waals surface area contributed by atoms with Crippen LogP contribution in [0.3, 0.4) is 0 Å². The van der Waals surface area contributed by atoms with Gasteiger partial charge in [-0.05, 0) is 159 Å². The van der Waals surface area contributed by atoms with Gasteiger partial charge in [0.25, 0.3) is 0 Å². The Bertz CT molecular complexity index is 4110. The number of ketones is 3. The fraction of sp³-hybridized carbons (Fsp3) is 0.578. The van der Waals surface area contributed by atoms with Crippen LogP contribution in [-0.4, -0.2) is 169 Å². The number of aliphatic carboxylic acids is 1. The minimum absolute atomic E-state index is 0.0116. The predicted octanol–water partition coefficient (Wildman–Crippen LogP) is 8.68. The van der Waals surface area contributed by atoms with Crippen molar-refractivity contribution in [3.05, 3.63) is 123 Å². The lowest BCUT2D eigenvalue weighted by Crippen LogP contribution is -2.56. The Morgan fingerprint density at radius 3 is 2.05 bits per heavy atom. The molecule has 3 saturated carbocycles. The number of rotatable bonds is 30. The molecular weight excluding hydrogens is 1400 g/mol. The highest BCUT2D eigenvalue weighted by Gasteiger charge is 2.60. The summed E-state index contributed by atoms with van der Waals surface area (Å²) in [5, 5.41) is 101. The molecule has 1 aliphatic heterocycles. The van der Waals surface area contributed by atoms with Crippen LogP contribution in [0, 0.1) is 46.3 Å². The Labute approximate surface area is 634 Å². The van der Waals surface area contributed by atoms with Gasteiger partial charge in [0.15, 0.2) is 17.9 Å². The lowest BCUT2D eigenvalue weighted by molar-refractivity contribution is -0.249. The predicted molar refractivity (Wildman–Crippen MR) is 397 cm³/mol. The number of ether oxygens (including phenoxy) is 4. The average Bonchev–Trinajstić information content (AvgIpc) is 1.61. The summed E-state index contributed by atoms with van der Waals surface area (Å²) in [7, 11) is 1.28. The van der Waals surface area contributed by atoms with Crippen molar-refractivity contribution in [3.63, 3.8) is 0 Å². The first kappa shape index (κ1) is 81.0. The molecule has 7 aliphatic rings. The van der Waals surface area contributed by atoms with E-state index in [2.05, 4.69) is 67.3 Å². The normalized spacial score (nSPS) is 27.8. The Morgan fingerprint density at radius 1 is 0.716 bits per heavy atom. The second-order valence-electron chi connectivity index (χ2n) is 32.5. The van der Waals surface area contributed by atoms with Gasteiger partial charge in [-0.3, -0.25) is 33.6 Å². The summed E-state index contributed by atoms with van der Waals surface area (Å²) in [6.45, 7) is 12.4.